The summed E-state index contributed by atoms with van der Waals surface area (Å²) in [6.45, 7) is 3.64. The van der Waals surface area contributed by atoms with Gasteiger partial charge in [0, 0.05) is 17.5 Å². The smallest absolute Gasteiger partial charge is 0.339 e. The molecule has 11 heteroatoms. The van der Waals surface area contributed by atoms with Crippen LogP contribution in [0.15, 0.2) is 22.9 Å². The highest BCUT2D eigenvalue weighted by Crippen LogP contribution is 2.37. The molecule has 3 aromatic rings. The largest absolute Gasteiger partial charge is 0.417 e. The van der Waals surface area contributed by atoms with Gasteiger partial charge in [0.05, 0.1) is 23.2 Å². The molecule has 156 valence electrons. The van der Waals surface area contributed by atoms with Gasteiger partial charge in [-0.2, -0.15) is 23.3 Å². The van der Waals surface area contributed by atoms with Crippen molar-refractivity contribution >= 4 is 12.4 Å². The minimum absolute atomic E-state index is 0. The quantitative estimate of drug-likeness (QED) is 0.681. The lowest BCUT2D eigenvalue weighted by atomic mass is 9.77. The van der Waals surface area contributed by atoms with E-state index in [1.54, 1.807) is 0 Å². The molecule has 0 unspecified atom stereocenters. The van der Waals surface area contributed by atoms with E-state index in [4.69, 9.17) is 10.3 Å². The molecule has 0 atom stereocenters. The predicted octanol–water partition coefficient (Wildman–Crippen LogP) is 3.64. The molecule has 1 aliphatic rings. The number of pyridine rings is 1. The molecule has 0 saturated heterocycles. The Morgan fingerprint density at radius 1 is 1.24 bits per heavy atom. The number of hydrogen-bond donors (Lipinski definition) is 1. The SMILES string of the molecule is Cc1nn(-c2ccc(C(F)(F)F)cn2)c(C)c1Cc1nc(C2(N)CCC2)no1.Cl. The fourth-order valence-corrected chi connectivity index (χ4v) is 3.29. The molecule has 3 aromatic heterocycles. The maximum atomic E-state index is 12.7. The highest BCUT2D eigenvalue weighted by molar-refractivity contribution is 5.85. The number of nitrogens with two attached hydrogens (primary N) is 1. The van der Waals surface area contributed by atoms with E-state index in [2.05, 4.69) is 20.2 Å². The van der Waals surface area contributed by atoms with Crippen molar-refractivity contribution in [1.29, 1.82) is 0 Å². The van der Waals surface area contributed by atoms with E-state index < -0.39 is 17.3 Å². The third kappa shape index (κ3) is 3.86. The van der Waals surface area contributed by atoms with E-state index in [-0.39, 0.29) is 12.4 Å². The summed E-state index contributed by atoms with van der Waals surface area (Å²) < 4.78 is 45.1. The lowest BCUT2D eigenvalue weighted by Crippen LogP contribution is -2.44. The summed E-state index contributed by atoms with van der Waals surface area (Å²) in [5, 5.41) is 8.42. The zero-order chi connectivity index (χ0) is 20.1. The number of rotatable bonds is 4. The summed E-state index contributed by atoms with van der Waals surface area (Å²) in [4.78, 5) is 8.33. The average Bonchev–Trinajstić information content (AvgIpc) is 3.19. The number of nitrogens with zero attached hydrogens (tertiary/aromatic N) is 5. The van der Waals surface area contributed by atoms with Crippen LogP contribution in [0.1, 0.15) is 53.5 Å². The number of aryl methyl sites for hydroxylation is 1. The second-order valence-corrected chi connectivity index (χ2v) is 7.16. The maximum absolute atomic E-state index is 12.7. The van der Waals surface area contributed by atoms with E-state index in [9.17, 15) is 13.2 Å². The lowest BCUT2D eigenvalue weighted by Gasteiger charge is -2.34. The Balaban J connectivity index is 0.00000240. The van der Waals surface area contributed by atoms with Crippen molar-refractivity contribution < 1.29 is 17.7 Å². The first-order valence-electron chi connectivity index (χ1n) is 8.88. The van der Waals surface area contributed by atoms with Crippen LogP contribution in [0.5, 0.6) is 0 Å². The van der Waals surface area contributed by atoms with Gasteiger partial charge in [-0.3, -0.25) is 0 Å². The van der Waals surface area contributed by atoms with Crippen LogP contribution >= 0.6 is 12.4 Å². The van der Waals surface area contributed by atoms with Crippen molar-refractivity contribution in [3.05, 3.63) is 52.6 Å². The molecule has 0 aromatic carbocycles. The third-order valence-corrected chi connectivity index (χ3v) is 5.22. The van der Waals surface area contributed by atoms with Gasteiger partial charge in [-0.25, -0.2) is 9.67 Å². The number of alkyl halides is 3. The molecule has 2 N–H and O–H groups in total. The van der Waals surface area contributed by atoms with Crippen LogP contribution in [-0.2, 0) is 18.1 Å². The van der Waals surface area contributed by atoms with Crippen molar-refractivity contribution in [1.82, 2.24) is 24.9 Å². The van der Waals surface area contributed by atoms with Crippen molar-refractivity contribution in [2.75, 3.05) is 0 Å². The van der Waals surface area contributed by atoms with E-state index in [0.29, 0.717) is 29.6 Å². The molecule has 1 fully saturated rings. The van der Waals surface area contributed by atoms with Gasteiger partial charge >= 0.3 is 6.18 Å². The Labute approximate surface area is 170 Å². The van der Waals surface area contributed by atoms with E-state index in [1.807, 2.05) is 13.8 Å². The standard InChI is InChI=1S/C18H19F3N6O.ClH/c1-10-13(8-15-24-16(26-28-15)17(22)6-3-7-17)11(2)27(25-10)14-5-4-12(9-23-14)18(19,20)21;/h4-5,9H,3,6-8,22H2,1-2H3;1H. The zero-order valence-corrected chi connectivity index (χ0v) is 16.6. The van der Waals surface area contributed by atoms with E-state index in [0.717, 1.165) is 42.8 Å². The summed E-state index contributed by atoms with van der Waals surface area (Å²) in [5.41, 5.74) is 7.24. The highest BCUT2D eigenvalue weighted by atomic mass is 35.5. The molecule has 0 spiro atoms. The van der Waals surface area contributed by atoms with E-state index in [1.165, 1.54) is 10.7 Å². The molecule has 0 amide bonds. The van der Waals surface area contributed by atoms with Crippen molar-refractivity contribution in [2.45, 2.75) is 51.2 Å². The summed E-state index contributed by atoms with van der Waals surface area (Å²) in [7, 11) is 0. The molecule has 29 heavy (non-hydrogen) atoms. The maximum Gasteiger partial charge on any atom is 0.417 e. The van der Waals surface area contributed by atoms with Gasteiger partial charge in [0.2, 0.25) is 5.89 Å². The topological polar surface area (TPSA) is 95.7 Å². The molecule has 0 aliphatic heterocycles. The fourth-order valence-electron chi connectivity index (χ4n) is 3.29. The minimum Gasteiger partial charge on any atom is -0.339 e. The van der Waals surface area contributed by atoms with Gasteiger partial charge in [0.25, 0.3) is 0 Å². The Morgan fingerprint density at radius 3 is 2.52 bits per heavy atom. The van der Waals surface area contributed by atoms with Gasteiger partial charge < -0.3 is 10.3 Å². The number of hydrogen-bond acceptors (Lipinski definition) is 6. The summed E-state index contributed by atoms with van der Waals surface area (Å²) in [6, 6.07) is 2.29. The second kappa shape index (κ2) is 7.42. The van der Waals surface area contributed by atoms with Gasteiger partial charge in [0.1, 0.15) is 0 Å². The third-order valence-electron chi connectivity index (χ3n) is 5.22. The zero-order valence-electron chi connectivity index (χ0n) is 15.8. The normalized spacial score (nSPS) is 15.7. The first-order valence-corrected chi connectivity index (χ1v) is 8.88. The molecule has 4 rings (SSSR count). The molecular formula is C18H20ClF3N6O. The van der Waals surface area contributed by atoms with Gasteiger partial charge in [0.15, 0.2) is 11.6 Å². The Morgan fingerprint density at radius 2 is 1.97 bits per heavy atom. The highest BCUT2D eigenvalue weighted by Gasteiger charge is 2.39. The van der Waals surface area contributed by atoms with Crippen LogP contribution in [0.25, 0.3) is 5.82 Å². The molecule has 0 radical (unpaired) electrons. The van der Waals surface area contributed by atoms with E-state index >= 15 is 0 Å². The second-order valence-electron chi connectivity index (χ2n) is 7.16. The Bertz CT molecular complexity index is 1010. The molecule has 1 saturated carbocycles. The van der Waals surface area contributed by atoms with Gasteiger partial charge in [-0.15, -0.1) is 12.4 Å². The lowest BCUT2D eigenvalue weighted by molar-refractivity contribution is -0.137. The summed E-state index contributed by atoms with van der Waals surface area (Å²) in [6.07, 6.45) is -0.548. The van der Waals surface area contributed by atoms with Crippen LogP contribution in [0.2, 0.25) is 0 Å². The van der Waals surface area contributed by atoms with Crippen molar-refractivity contribution in [3.8, 4) is 5.82 Å². The molecule has 7 nitrogen and oxygen atoms in total. The van der Waals surface area contributed by atoms with Crippen molar-refractivity contribution in [3.63, 3.8) is 0 Å². The fraction of sp³-hybridized carbons (Fsp3) is 0.444. The van der Waals surface area contributed by atoms with Crippen LogP contribution in [-0.4, -0.2) is 24.9 Å². The van der Waals surface area contributed by atoms with Gasteiger partial charge in [-0.05, 0) is 45.2 Å². The predicted molar refractivity (Wildman–Crippen MR) is 99.9 cm³/mol. The molecule has 1 aliphatic carbocycles. The van der Waals surface area contributed by atoms with Crippen LogP contribution < -0.4 is 5.73 Å². The van der Waals surface area contributed by atoms with Crippen LogP contribution in [0.3, 0.4) is 0 Å². The van der Waals surface area contributed by atoms with Crippen molar-refractivity contribution in [2.24, 2.45) is 5.73 Å². The van der Waals surface area contributed by atoms with Crippen LogP contribution in [0.4, 0.5) is 13.2 Å². The molecular weight excluding hydrogens is 409 g/mol. The summed E-state index contributed by atoms with van der Waals surface area (Å²) in [5.74, 6) is 1.25. The van der Waals surface area contributed by atoms with Crippen LogP contribution in [0, 0.1) is 13.8 Å². The Hall–Kier alpha value is -2.46. The number of halogens is 4. The first-order chi connectivity index (χ1) is 13.2. The average molecular weight is 429 g/mol. The molecule has 0 bridgehead atoms. The Kier molecular flexibility index (Phi) is 5.44. The molecule has 3 heterocycles. The number of aromatic nitrogens is 5. The first kappa shape index (κ1) is 21.3. The summed E-state index contributed by atoms with van der Waals surface area (Å²) >= 11 is 0. The minimum atomic E-state index is -4.43. The monoisotopic (exact) mass is 428 g/mol. The van der Waals surface area contributed by atoms with Gasteiger partial charge in [-0.1, -0.05) is 5.16 Å².